The minimum Gasteiger partial charge on any atom is -0.314 e. The molecule has 0 bridgehead atoms. The van der Waals surface area contributed by atoms with Gasteiger partial charge in [0.1, 0.15) is 5.82 Å². The van der Waals surface area contributed by atoms with Crippen LogP contribution in [0, 0.1) is 0 Å². The van der Waals surface area contributed by atoms with Crippen molar-refractivity contribution in [3.8, 4) is 0 Å². The molecule has 0 aromatic carbocycles. The lowest BCUT2D eigenvalue weighted by atomic mass is 10.2. The van der Waals surface area contributed by atoms with E-state index in [2.05, 4.69) is 14.8 Å². The zero-order valence-electron chi connectivity index (χ0n) is 14.3. The van der Waals surface area contributed by atoms with Crippen LogP contribution in [-0.4, -0.2) is 51.4 Å². The van der Waals surface area contributed by atoms with E-state index in [0.717, 1.165) is 50.3 Å². The molecular formula is C15H27N5O2S. The fourth-order valence-corrected chi connectivity index (χ4v) is 5.21. The van der Waals surface area contributed by atoms with Gasteiger partial charge in [0.25, 0.3) is 10.2 Å². The summed E-state index contributed by atoms with van der Waals surface area (Å²) in [6, 6.07) is -0.239. The van der Waals surface area contributed by atoms with Crippen LogP contribution in [0.4, 0.5) is 0 Å². The zero-order valence-corrected chi connectivity index (χ0v) is 15.1. The zero-order chi connectivity index (χ0) is 16.6. The lowest BCUT2D eigenvalue weighted by Crippen LogP contribution is -2.44. The smallest absolute Gasteiger partial charge is 0.282 e. The quantitative estimate of drug-likeness (QED) is 0.836. The van der Waals surface area contributed by atoms with Crippen LogP contribution in [0.15, 0.2) is 0 Å². The van der Waals surface area contributed by atoms with Gasteiger partial charge in [-0.1, -0.05) is 6.42 Å². The highest BCUT2D eigenvalue weighted by atomic mass is 32.2. The van der Waals surface area contributed by atoms with Gasteiger partial charge in [0, 0.05) is 32.6 Å². The van der Waals surface area contributed by atoms with Crippen LogP contribution >= 0.6 is 0 Å². The number of aryl methyl sites for hydroxylation is 1. The lowest BCUT2D eigenvalue weighted by molar-refractivity contribution is 0.314. The van der Waals surface area contributed by atoms with Gasteiger partial charge in [-0.2, -0.15) is 17.0 Å². The molecule has 0 aliphatic carbocycles. The Balaban J connectivity index is 1.92. The molecule has 1 aromatic rings. The highest BCUT2D eigenvalue weighted by Crippen LogP contribution is 2.35. The normalized spacial score (nSPS) is 23.4. The molecule has 0 radical (unpaired) electrons. The van der Waals surface area contributed by atoms with E-state index in [1.54, 1.807) is 11.4 Å². The summed E-state index contributed by atoms with van der Waals surface area (Å²) in [5, 5.41) is 8.71. The van der Waals surface area contributed by atoms with Crippen LogP contribution < -0.4 is 0 Å². The fourth-order valence-electron chi connectivity index (χ4n) is 3.46. The minimum absolute atomic E-state index is 0.0586. The van der Waals surface area contributed by atoms with Gasteiger partial charge in [-0.25, -0.2) is 0 Å². The monoisotopic (exact) mass is 341 g/mol. The maximum Gasteiger partial charge on any atom is 0.282 e. The SMILES string of the molecule is CC(C)N(C)S(=O)(=O)N1CCCC1c1nnc2n1CCCCC2. The van der Waals surface area contributed by atoms with Gasteiger partial charge in [-0.3, -0.25) is 0 Å². The molecule has 2 aliphatic rings. The van der Waals surface area contributed by atoms with E-state index in [-0.39, 0.29) is 12.1 Å². The maximum absolute atomic E-state index is 12.9. The summed E-state index contributed by atoms with van der Waals surface area (Å²) in [7, 11) is -1.81. The number of hydrogen-bond acceptors (Lipinski definition) is 4. The van der Waals surface area contributed by atoms with Crippen LogP contribution in [0.5, 0.6) is 0 Å². The Morgan fingerprint density at radius 2 is 1.91 bits per heavy atom. The second-order valence-corrected chi connectivity index (χ2v) is 8.76. The third-order valence-corrected chi connectivity index (χ3v) is 7.21. The first-order valence-electron chi connectivity index (χ1n) is 8.59. The van der Waals surface area contributed by atoms with Crippen molar-refractivity contribution < 1.29 is 8.42 Å². The van der Waals surface area contributed by atoms with Crippen molar-refractivity contribution in [3.05, 3.63) is 11.6 Å². The van der Waals surface area contributed by atoms with E-state index in [9.17, 15) is 8.42 Å². The van der Waals surface area contributed by atoms with Crippen LogP contribution in [0.1, 0.15) is 63.6 Å². The molecule has 2 aliphatic heterocycles. The van der Waals surface area contributed by atoms with Crippen LogP contribution in [-0.2, 0) is 23.2 Å². The molecular weight excluding hydrogens is 314 g/mol. The van der Waals surface area contributed by atoms with E-state index in [1.165, 1.54) is 10.7 Å². The third-order valence-electron chi connectivity index (χ3n) is 5.03. The topological polar surface area (TPSA) is 71.3 Å². The molecule has 7 nitrogen and oxygen atoms in total. The molecule has 23 heavy (non-hydrogen) atoms. The highest BCUT2D eigenvalue weighted by Gasteiger charge is 2.41. The van der Waals surface area contributed by atoms with Crippen molar-refractivity contribution in [1.82, 2.24) is 23.4 Å². The summed E-state index contributed by atoms with van der Waals surface area (Å²) in [6.45, 7) is 5.26. The first-order chi connectivity index (χ1) is 10.9. The Bertz CT molecular complexity index is 655. The second-order valence-electron chi connectivity index (χ2n) is 6.82. The predicted octanol–water partition coefficient (Wildman–Crippen LogP) is 1.73. The van der Waals surface area contributed by atoms with Gasteiger partial charge >= 0.3 is 0 Å². The molecule has 0 spiro atoms. The molecule has 0 amide bonds. The summed E-state index contributed by atoms with van der Waals surface area (Å²) in [4.78, 5) is 0. The average molecular weight is 341 g/mol. The molecule has 1 fully saturated rings. The van der Waals surface area contributed by atoms with E-state index in [0.29, 0.717) is 6.54 Å². The van der Waals surface area contributed by atoms with Crippen LogP contribution in [0.2, 0.25) is 0 Å². The van der Waals surface area contributed by atoms with Crippen molar-refractivity contribution in [2.45, 2.75) is 71.0 Å². The summed E-state index contributed by atoms with van der Waals surface area (Å²) in [5.74, 6) is 1.85. The average Bonchev–Trinajstić information content (AvgIpc) is 3.08. The van der Waals surface area contributed by atoms with Crippen molar-refractivity contribution in [2.75, 3.05) is 13.6 Å². The number of aromatic nitrogens is 3. The molecule has 1 saturated heterocycles. The standard InChI is InChI=1S/C15H27N5O2S/c1-12(2)18(3)23(21,22)20-11-7-8-13(20)15-17-16-14-9-5-4-6-10-19(14)15/h12-13H,4-11H2,1-3H3. The molecule has 3 heterocycles. The van der Waals surface area contributed by atoms with Crippen molar-refractivity contribution >= 4 is 10.2 Å². The highest BCUT2D eigenvalue weighted by molar-refractivity contribution is 7.86. The van der Waals surface area contributed by atoms with Gasteiger partial charge in [0.15, 0.2) is 5.82 Å². The fraction of sp³-hybridized carbons (Fsp3) is 0.867. The molecule has 1 atom stereocenters. The lowest BCUT2D eigenvalue weighted by Gasteiger charge is -2.30. The van der Waals surface area contributed by atoms with E-state index >= 15 is 0 Å². The van der Waals surface area contributed by atoms with Crippen molar-refractivity contribution in [2.24, 2.45) is 0 Å². The van der Waals surface area contributed by atoms with Gasteiger partial charge in [-0.05, 0) is 39.5 Å². The number of hydrogen-bond donors (Lipinski definition) is 0. The molecule has 1 aromatic heterocycles. The van der Waals surface area contributed by atoms with Crippen LogP contribution in [0.25, 0.3) is 0 Å². The Morgan fingerprint density at radius 1 is 1.13 bits per heavy atom. The largest absolute Gasteiger partial charge is 0.314 e. The van der Waals surface area contributed by atoms with Gasteiger partial charge in [0.2, 0.25) is 0 Å². The number of nitrogens with zero attached hydrogens (tertiary/aromatic N) is 5. The predicted molar refractivity (Wildman–Crippen MR) is 88.1 cm³/mol. The first kappa shape index (κ1) is 16.9. The molecule has 130 valence electrons. The van der Waals surface area contributed by atoms with Gasteiger partial charge < -0.3 is 4.57 Å². The third kappa shape index (κ3) is 3.04. The van der Waals surface area contributed by atoms with E-state index in [1.807, 2.05) is 13.8 Å². The van der Waals surface area contributed by atoms with Gasteiger partial charge in [-0.15, -0.1) is 10.2 Å². The van der Waals surface area contributed by atoms with Gasteiger partial charge in [0.05, 0.1) is 6.04 Å². The van der Waals surface area contributed by atoms with Crippen LogP contribution in [0.3, 0.4) is 0 Å². The summed E-state index contributed by atoms with van der Waals surface area (Å²) >= 11 is 0. The minimum atomic E-state index is -3.46. The molecule has 0 N–H and O–H groups in total. The summed E-state index contributed by atoms with van der Waals surface area (Å²) in [6.07, 6.45) is 6.09. The summed E-state index contributed by atoms with van der Waals surface area (Å²) in [5.41, 5.74) is 0. The Morgan fingerprint density at radius 3 is 2.65 bits per heavy atom. The molecule has 0 saturated carbocycles. The Kier molecular flexibility index (Phi) is 4.75. The maximum atomic E-state index is 12.9. The molecule has 8 heteroatoms. The summed E-state index contributed by atoms with van der Waals surface area (Å²) < 4.78 is 31.1. The second kappa shape index (κ2) is 6.49. The Hall–Kier alpha value is -0.990. The van der Waals surface area contributed by atoms with E-state index in [4.69, 9.17) is 0 Å². The van der Waals surface area contributed by atoms with Crippen molar-refractivity contribution in [1.29, 1.82) is 0 Å². The number of rotatable bonds is 4. The number of fused-ring (bicyclic) bond motifs is 1. The first-order valence-corrected chi connectivity index (χ1v) is 9.99. The van der Waals surface area contributed by atoms with E-state index < -0.39 is 10.2 Å². The molecule has 3 rings (SSSR count). The Labute approximate surface area is 138 Å². The molecule has 1 unspecified atom stereocenters. The van der Waals surface area contributed by atoms with Crippen molar-refractivity contribution in [3.63, 3.8) is 0 Å².